The molecule has 1 N–H and O–H groups in total. The van der Waals surface area contributed by atoms with E-state index in [1.165, 1.54) is 18.2 Å². The Balaban J connectivity index is 2.40. The third-order valence-corrected chi connectivity index (χ3v) is 1.71. The molecule has 90 valence electrons. The van der Waals surface area contributed by atoms with E-state index in [-0.39, 0.29) is 5.75 Å². The van der Waals surface area contributed by atoms with E-state index in [0.29, 0.717) is 0 Å². The molecule has 16 heavy (non-hydrogen) atoms. The average Bonchev–Trinajstić information content (AvgIpc) is 2.12. The molecular weight excluding hydrogens is 228 g/mol. The Bertz CT molecular complexity index is 338. The highest BCUT2D eigenvalue weighted by Crippen LogP contribution is 2.22. The summed E-state index contributed by atoms with van der Waals surface area (Å²) in [7, 11) is 0. The number of benzene rings is 1. The van der Waals surface area contributed by atoms with Crippen molar-refractivity contribution in [3.8, 4) is 5.75 Å². The van der Waals surface area contributed by atoms with Gasteiger partial charge in [0.25, 0.3) is 0 Å². The van der Waals surface area contributed by atoms with Crippen LogP contribution in [-0.2, 0) is 0 Å². The highest BCUT2D eigenvalue weighted by molar-refractivity contribution is 5.22. The maximum atomic E-state index is 12.6. The van der Waals surface area contributed by atoms with Gasteiger partial charge in [-0.2, -0.15) is 13.2 Å². The van der Waals surface area contributed by atoms with Crippen LogP contribution in [0.25, 0.3) is 0 Å². The zero-order chi connectivity index (χ0) is 12.2. The molecule has 0 saturated carbocycles. The lowest BCUT2D eigenvalue weighted by atomic mass is 10.2. The van der Waals surface area contributed by atoms with Gasteiger partial charge in [0.2, 0.25) is 0 Å². The third kappa shape index (κ3) is 4.97. The monoisotopic (exact) mass is 238 g/mol. The van der Waals surface area contributed by atoms with Crippen molar-refractivity contribution in [1.29, 1.82) is 0 Å². The molecule has 0 aliphatic rings. The van der Waals surface area contributed by atoms with Crippen molar-refractivity contribution in [2.24, 2.45) is 0 Å². The summed E-state index contributed by atoms with van der Waals surface area (Å²) >= 11 is 0. The molecule has 1 rings (SSSR count). The quantitative estimate of drug-likeness (QED) is 0.817. The minimum Gasteiger partial charge on any atom is -0.491 e. The van der Waals surface area contributed by atoms with Gasteiger partial charge in [-0.15, -0.1) is 0 Å². The largest absolute Gasteiger partial charge is 0.491 e. The molecule has 6 heteroatoms. The smallest absolute Gasteiger partial charge is 0.391 e. The summed E-state index contributed by atoms with van der Waals surface area (Å²) in [6.07, 6.45) is -7.43. The van der Waals surface area contributed by atoms with Crippen LogP contribution in [0.2, 0.25) is 0 Å². The number of ether oxygens (including phenoxy) is 1. The van der Waals surface area contributed by atoms with Gasteiger partial charge in [0.15, 0.2) is 0 Å². The topological polar surface area (TPSA) is 29.5 Å². The molecular formula is C10H10F4O2. The Morgan fingerprint density at radius 2 is 2.00 bits per heavy atom. The number of aliphatic hydroxyl groups excluding tert-OH is 1. The summed E-state index contributed by atoms with van der Waals surface area (Å²) in [5.74, 6) is -0.468. The second-order valence-electron chi connectivity index (χ2n) is 3.24. The Morgan fingerprint density at radius 1 is 1.31 bits per heavy atom. The Hall–Kier alpha value is -1.30. The maximum absolute atomic E-state index is 12.6. The molecule has 0 fully saturated rings. The van der Waals surface area contributed by atoms with Crippen LogP contribution in [0.5, 0.6) is 5.75 Å². The summed E-state index contributed by atoms with van der Waals surface area (Å²) < 4.78 is 52.9. The van der Waals surface area contributed by atoms with Crippen LogP contribution < -0.4 is 4.74 Å². The molecule has 1 aromatic rings. The third-order valence-electron chi connectivity index (χ3n) is 1.71. The van der Waals surface area contributed by atoms with Crippen LogP contribution in [0.3, 0.4) is 0 Å². The van der Waals surface area contributed by atoms with E-state index in [2.05, 4.69) is 0 Å². The molecule has 0 bridgehead atoms. The van der Waals surface area contributed by atoms with E-state index >= 15 is 0 Å². The number of rotatable bonds is 4. The standard InChI is InChI=1S/C10H10F4O2/c11-7-2-1-3-9(4-7)16-6-8(15)5-10(12,13)14/h1-4,8,15H,5-6H2. The normalized spacial score (nSPS) is 13.6. The van der Waals surface area contributed by atoms with Crippen LogP contribution >= 0.6 is 0 Å². The molecule has 0 heterocycles. The zero-order valence-corrected chi connectivity index (χ0v) is 8.17. The fourth-order valence-corrected chi connectivity index (χ4v) is 1.08. The predicted octanol–water partition coefficient (Wildman–Crippen LogP) is 2.52. The fourth-order valence-electron chi connectivity index (χ4n) is 1.08. The van der Waals surface area contributed by atoms with E-state index in [1.807, 2.05) is 0 Å². The van der Waals surface area contributed by atoms with Crippen molar-refractivity contribution in [1.82, 2.24) is 0 Å². The predicted molar refractivity (Wildman–Crippen MR) is 48.6 cm³/mol. The number of hydrogen-bond donors (Lipinski definition) is 1. The minimum atomic E-state index is -4.44. The van der Waals surface area contributed by atoms with E-state index in [9.17, 15) is 17.6 Å². The Labute approximate surface area is 89.5 Å². The van der Waals surface area contributed by atoms with Crippen molar-refractivity contribution >= 4 is 0 Å². The van der Waals surface area contributed by atoms with Gasteiger partial charge >= 0.3 is 6.18 Å². The number of alkyl halides is 3. The van der Waals surface area contributed by atoms with E-state index in [4.69, 9.17) is 9.84 Å². The van der Waals surface area contributed by atoms with Crippen LogP contribution in [0, 0.1) is 5.82 Å². The molecule has 1 atom stereocenters. The summed E-state index contributed by atoms with van der Waals surface area (Å²) in [6, 6.07) is 4.96. The molecule has 1 unspecified atom stereocenters. The second kappa shape index (κ2) is 5.16. The van der Waals surface area contributed by atoms with E-state index in [0.717, 1.165) is 6.07 Å². The number of hydrogen-bond acceptors (Lipinski definition) is 2. The number of halogens is 4. The lowest BCUT2D eigenvalue weighted by Gasteiger charge is -2.14. The first-order valence-electron chi connectivity index (χ1n) is 4.50. The molecule has 1 aromatic carbocycles. The van der Waals surface area contributed by atoms with Gasteiger partial charge in [-0.3, -0.25) is 0 Å². The first kappa shape index (κ1) is 12.8. The van der Waals surface area contributed by atoms with Gasteiger partial charge in [-0.25, -0.2) is 4.39 Å². The van der Waals surface area contributed by atoms with Gasteiger partial charge in [-0.05, 0) is 12.1 Å². The molecule has 0 aliphatic heterocycles. The van der Waals surface area contributed by atoms with E-state index in [1.54, 1.807) is 0 Å². The van der Waals surface area contributed by atoms with Gasteiger partial charge in [0.05, 0.1) is 12.5 Å². The van der Waals surface area contributed by atoms with Crippen molar-refractivity contribution in [3.05, 3.63) is 30.1 Å². The Morgan fingerprint density at radius 3 is 2.56 bits per heavy atom. The van der Waals surface area contributed by atoms with Crippen LogP contribution in [0.15, 0.2) is 24.3 Å². The van der Waals surface area contributed by atoms with Crippen molar-refractivity contribution in [2.45, 2.75) is 18.7 Å². The molecule has 0 radical (unpaired) electrons. The average molecular weight is 238 g/mol. The van der Waals surface area contributed by atoms with Crippen LogP contribution in [0.1, 0.15) is 6.42 Å². The number of aliphatic hydroxyl groups is 1. The van der Waals surface area contributed by atoms with Crippen molar-refractivity contribution in [3.63, 3.8) is 0 Å². The highest BCUT2D eigenvalue weighted by Gasteiger charge is 2.31. The molecule has 0 saturated heterocycles. The molecule has 0 amide bonds. The Kier molecular flexibility index (Phi) is 4.12. The van der Waals surface area contributed by atoms with Crippen molar-refractivity contribution < 1.29 is 27.4 Å². The molecule has 0 spiro atoms. The molecule has 0 aliphatic carbocycles. The van der Waals surface area contributed by atoms with Gasteiger partial charge < -0.3 is 9.84 Å². The van der Waals surface area contributed by atoms with Gasteiger partial charge in [0.1, 0.15) is 18.2 Å². The first-order chi connectivity index (χ1) is 7.37. The minimum absolute atomic E-state index is 0.0845. The first-order valence-corrected chi connectivity index (χ1v) is 4.50. The van der Waals surface area contributed by atoms with Crippen LogP contribution in [0.4, 0.5) is 17.6 Å². The summed E-state index contributed by atoms with van der Waals surface area (Å²) in [5.41, 5.74) is 0. The molecule has 2 nitrogen and oxygen atoms in total. The summed E-state index contributed by atoms with van der Waals surface area (Å²) in [6.45, 7) is -0.525. The SMILES string of the molecule is OC(COc1cccc(F)c1)CC(F)(F)F. The van der Waals surface area contributed by atoms with Crippen molar-refractivity contribution in [2.75, 3.05) is 6.61 Å². The zero-order valence-electron chi connectivity index (χ0n) is 8.17. The fraction of sp³-hybridized carbons (Fsp3) is 0.400. The van der Waals surface area contributed by atoms with E-state index < -0.39 is 31.1 Å². The highest BCUT2D eigenvalue weighted by atomic mass is 19.4. The lowest BCUT2D eigenvalue weighted by Crippen LogP contribution is -2.25. The maximum Gasteiger partial charge on any atom is 0.391 e. The summed E-state index contributed by atoms with van der Waals surface area (Å²) in [4.78, 5) is 0. The second-order valence-corrected chi connectivity index (χ2v) is 3.24. The van der Waals surface area contributed by atoms with Gasteiger partial charge in [-0.1, -0.05) is 6.07 Å². The summed E-state index contributed by atoms with van der Waals surface area (Å²) in [5, 5.41) is 8.98. The van der Waals surface area contributed by atoms with Gasteiger partial charge in [0, 0.05) is 6.07 Å². The van der Waals surface area contributed by atoms with Crippen LogP contribution in [-0.4, -0.2) is 24.0 Å². The lowest BCUT2D eigenvalue weighted by molar-refractivity contribution is -0.156. The molecule has 0 aromatic heterocycles.